The Kier molecular flexibility index (Phi) is 7.96. The molecule has 0 bridgehead atoms. The molecule has 0 radical (unpaired) electrons. The summed E-state index contributed by atoms with van der Waals surface area (Å²) in [6.07, 6.45) is -0.116. The van der Waals surface area contributed by atoms with Crippen LogP contribution in [0, 0.1) is 27.7 Å². The zero-order valence-electron chi connectivity index (χ0n) is 17.6. The van der Waals surface area contributed by atoms with E-state index in [1.807, 2.05) is 38.1 Å². The minimum atomic E-state index is -3.74. The number of rotatable bonds is 8. The monoisotopic (exact) mass is 432 g/mol. The van der Waals surface area contributed by atoms with Crippen molar-refractivity contribution in [1.82, 2.24) is 15.6 Å². The Bertz CT molecular complexity index is 995. The molecule has 0 unspecified atom stereocenters. The van der Waals surface area contributed by atoms with Crippen molar-refractivity contribution >= 4 is 27.5 Å². The van der Waals surface area contributed by atoms with E-state index in [0.29, 0.717) is 11.1 Å². The summed E-state index contributed by atoms with van der Waals surface area (Å²) >= 11 is 0. The molecule has 2 aromatic carbocycles. The molecule has 0 fully saturated rings. The minimum Gasteiger partial charge on any atom is -0.376 e. The van der Waals surface area contributed by atoms with E-state index in [2.05, 4.69) is 20.9 Å². The van der Waals surface area contributed by atoms with E-state index < -0.39 is 21.8 Å². The summed E-state index contributed by atoms with van der Waals surface area (Å²) in [7, 11) is -3.74. The first-order valence-electron chi connectivity index (χ1n) is 9.54. The summed E-state index contributed by atoms with van der Waals surface area (Å²) in [6, 6.07) is 11.1. The van der Waals surface area contributed by atoms with Crippen molar-refractivity contribution in [2.45, 2.75) is 39.0 Å². The fourth-order valence-corrected chi connectivity index (χ4v) is 4.54. The van der Waals surface area contributed by atoms with Gasteiger partial charge >= 0.3 is 0 Å². The van der Waals surface area contributed by atoms with Crippen molar-refractivity contribution in [3.8, 4) is 0 Å². The highest BCUT2D eigenvalue weighted by atomic mass is 32.2. The van der Waals surface area contributed by atoms with Gasteiger partial charge in [0.05, 0.1) is 11.4 Å². The van der Waals surface area contributed by atoms with Gasteiger partial charge in [0.25, 0.3) is 5.91 Å². The summed E-state index contributed by atoms with van der Waals surface area (Å²) in [5, 5.41) is 2.94. The Morgan fingerprint density at radius 2 is 1.40 bits per heavy atom. The number of nitrogens with one attached hydrogen (secondary N) is 4. The van der Waals surface area contributed by atoms with Crippen LogP contribution < -0.4 is 20.9 Å². The highest BCUT2D eigenvalue weighted by molar-refractivity contribution is 7.89. The van der Waals surface area contributed by atoms with Crippen LogP contribution >= 0.6 is 0 Å². The van der Waals surface area contributed by atoms with Gasteiger partial charge in [-0.25, -0.2) is 13.1 Å². The van der Waals surface area contributed by atoms with Gasteiger partial charge in [-0.05, 0) is 51.0 Å². The normalized spacial score (nSPS) is 11.1. The van der Waals surface area contributed by atoms with Gasteiger partial charge in [-0.2, -0.15) is 0 Å². The Balaban J connectivity index is 1.75. The lowest BCUT2D eigenvalue weighted by Gasteiger charge is -2.13. The number of hydrogen-bond donors (Lipinski definition) is 4. The first-order chi connectivity index (χ1) is 14.1. The van der Waals surface area contributed by atoms with Crippen LogP contribution in [0.1, 0.15) is 28.7 Å². The Morgan fingerprint density at radius 1 is 0.833 bits per heavy atom. The van der Waals surface area contributed by atoms with E-state index in [0.717, 1.165) is 16.8 Å². The number of sulfonamides is 1. The van der Waals surface area contributed by atoms with Gasteiger partial charge in [0.2, 0.25) is 15.9 Å². The third-order valence-corrected chi connectivity index (χ3v) is 6.13. The molecule has 0 spiro atoms. The summed E-state index contributed by atoms with van der Waals surface area (Å²) in [4.78, 5) is 23.9. The topological polar surface area (TPSA) is 116 Å². The SMILES string of the molecule is Cc1ccc(NCC(=O)NNC(=O)CCNS(=O)(=O)c2c(C)cc(C)cc2C)cc1. The van der Waals surface area contributed by atoms with Gasteiger partial charge < -0.3 is 5.32 Å². The second-order valence-electron chi connectivity index (χ2n) is 7.19. The van der Waals surface area contributed by atoms with Crippen molar-refractivity contribution in [2.75, 3.05) is 18.4 Å². The molecule has 4 N–H and O–H groups in total. The van der Waals surface area contributed by atoms with Crippen LogP contribution in [-0.4, -0.2) is 33.3 Å². The van der Waals surface area contributed by atoms with Crippen molar-refractivity contribution in [1.29, 1.82) is 0 Å². The molecule has 2 rings (SSSR count). The lowest BCUT2D eigenvalue weighted by molar-refractivity contribution is -0.127. The largest absolute Gasteiger partial charge is 0.376 e. The molecule has 2 aromatic rings. The molecule has 0 aromatic heterocycles. The maximum atomic E-state index is 12.6. The highest BCUT2D eigenvalue weighted by Crippen LogP contribution is 2.21. The Hall–Kier alpha value is -2.91. The predicted molar refractivity (Wildman–Crippen MR) is 116 cm³/mol. The van der Waals surface area contributed by atoms with Crippen LogP contribution in [0.4, 0.5) is 5.69 Å². The second-order valence-corrected chi connectivity index (χ2v) is 8.90. The van der Waals surface area contributed by atoms with Crippen molar-refractivity contribution in [2.24, 2.45) is 0 Å². The smallest absolute Gasteiger partial charge is 0.257 e. The summed E-state index contributed by atoms with van der Waals surface area (Å²) in [6.45, 7) is 7.25. The molecule has 0 aliphatic rings. The first kappa shape index (κ1) is 23.4. The molecule has 8 nitrogen and oxygen atoms in total. The number of anilines is 1. The van der Waals surface area contributed by atoms with E-state index in [-0.39, 0.29) is 24.4 Å². The summed E-state index contributed by atoms with van der Waals surface area (Å²) in [5.74, 6) is -0.922. The maximum absolute atomic E-state index is 12.6. The van der Waals surface area contributed by atoms with E-state index in [4.69, 9.17) is 0 Å². The number of hydrazine groups is 1. The molecule has 30 heavy (non-hydrogen) atoms. The first-order valence-corrected chi connectivity index (χ1v) is 11.0. The lowest BCUT2D eigenvalue weighted by atomic mass is 10.1. The molecule has 0 saturated heterocycles. The number of hydrogen-bond acceptors (Lipinski definition) is 5. The number of aryl methyl sites for hydroxylation is 4. The van der Waals surface area contributed by atoms with E-state index in [9.17, 15) is 18.0 Å². The molecule has 0 atom stereocenters. The molecular formula is C21H28N4O4S. The van der Waals surface area contributed by atoms with E-state index in [1.54, 1.807) is 26.0 Å². The third kappa shape index (κ3) is 6.85. The van der Waals surface area contributed by atoms with Gasteiger partial charge in [-0.1, -0.05) is 35.4 Å². The van der Waals surface area contributed by atoms with Crippen LogP contribution in [0.2, 0.25) is 0 Å². The van der Waals surface area contributed by atoms with Gasteiger partial charge in [0.1, 0.15) is 0 Å². The average molecular weight is 433 g/mol. The molecule has 0 saturated carbocycles. The van der Waals surface area contributed by atoms with Crippen LogP contribution in [0.25, 0.3) is 0 Å². The second kappa shape index (κ2) is 10.2. The van der Waals surface area contributed by atoms with Gasteiger partial charge in [-0.3, -0.25) is 20.4 Å². The lowest BCUT2D eigenvalue weighted by Crippen LogP contribution is -2.45. The molecule has 162 valence electrons. The number of carbonyl (C=O) groups is 2. The molecule has 9 heteroatoms. The molecule has 2 amide bonds. The number of amides is 2. The minimum absolute atomic E-state index is 0.0120. The molecule has 0 aliphatic carbocycles. The predicted octanol–water partition coefficient (Wildman–Crippen LogP) is 1.85. The summed E-state index contributed by atoms with van der Waals surface area (Å²) < 4.78 is 27.5. The van der Waals surface area contributed by atoms with Crippen LogP contribution in [0.15, 0.2) is 41.3 Å². The maximum Gasteiger partial charge on any atom is 0.257 e. The van der Waals surface area contributed by atoms with Crippen molar-refractivity contribution in [3.05, 3.63) is 58.7 Å². The zero-order chi connectivity index (χ0) is 22.3. The average Bonchev–Trinajstić information content (AvgIpc) is 2.64. The standard InChI is InChI=1S/C21H28N4O4S/c1-14-5-7-18(8-6-14)22-13-20(27)25-24-19(26)9-10-23-30(28,29)21-16(3)11-15(2)12-17(21)4/h5-8,11-12,22-23H,9-10,13H2,1-4H3,(H,24,26)(H,25,27). The van der Waals surface area contributed by atoms with Gasteiger partial charge in [0, 0.05) is 18.7 Å². The zero-order valence-corrected chi connectivity index (χ0v) is 18.4. The van der Waals surface area contributed by atoms with Crippen LogP contribution in [0.5, 0.6) is 0 Å². The highest BCUT2D eigenvalue weighted by Gasteiger charge is 2.19. The summed E-state index contributed by atoms with van der Waals surface area (Å²) in [5.41, 5.74) is 8.75. The van der Waals surface area contributed by atoms with Crippen molar-refractivity contribution in [3.63, 3.8) is 0 Å². The fraction of sp³-hybridized carbons (Fsp3) is 0.333. The quantitative estimate of drug-likeness (QED) is 0.475. The fourth-order valence-electron chi connectivity index (χ4n) is 3.06. The Morgan fingerprint density at radius 3 is 2.00 bits per heavy atom. The van der Waals surface area contributed by atoms with Crippen LogP contribution in [-0.2, 0) is 19.6 Å². The number of carbonyl (C=O) groups excluding carboxylic acids is 2. The van der Waals surface area contributed by atoms with Gasteiger partial charge in [0.15, 0.2) is 0 Å². The number of benzene rings is 2. The third-order valence-electron chi connectivity index (χ3n) is 4.36. The van der Waals surface area contributed by atoms with Crippen molar-refractivity contribution < 1.29 is 18.0 Å². The molecular weight excluding hydrogens is 404 g/mol. The molecule has 0 heterocycles. The Labute approximate surface area is 177 Å². The van der Waals surface area contributed by atoms with Gasteiger partial charge in [-0.15, -0.1) is 0 Å². The van der Waals surface area contributed by atoms with Crippen LogP contribution in [0.3, 0.4) is 0 Å². The van der Waals surface area contributed by atoms with E-state index in [1.165, 1.54) is 0 Å². The molecule has 0 aliphatic heterocycles. The van der Waals surface area contributed by atoms with E-state index >= 15 is 0 Å².